The fourth-order valence-corrected chi connectivity index (χ4v) is 2.84. The third kappa shape index (κ3) is 4.52. The lowest BCUT2D eigenvalue weighted by Gasteiger charge is -2.11. The summed E-state index contributed by atoms with van der Waals surface area (Å²) in [7, 11) is 1.76. The normalized spacial score (nSPS) is 11.7. The van der Waals surface area contributed by atoms with E-state index >= 15 is 0 Å². The molecule has 0 fully saturated rings. The van der Waals surface area contributed by atoms with E-state index in [1.165, 1.54) is 4.88 Å². The van der Waals surface area contributed by atoms with Crippen LogP contribution in [-0.4, -0.2) is 39.3 Å². The highest BCUT2D eigenvalue weighted by atomic mass is 32.1. The van der Waals surface area contributed by atoms with E-state index in [2.05, 4.69) is 44.7 Å². The van der Waals surface area contributed by atoms with Gasteiger partial charge in [0.2, 0.25) is 0 Å². The smallest absolute Gasteiger partial charge is 0.191 e. The monoisotopic (exact) mass is 321 g/mol. The van der Waals surface area contributed by atoms with Crippen LogP contribution in [0.4, 0.5) is 0 Å². The first-order chi connectivity index (χ1) is 10.8. The predicted molar refractivity (Wildman–Crippen MR) is 89.1 cm³/mol. The predicted octanol–water partition coefficient (Wildman–Crippen LogP) is 1.22. The maximum atomic E-state index is 4.42. The van der Waals surface area contributed by atoms with Gasteiger partial charge in [0.25, 0.3) is 0 Å². The van der Waals surface area contributed by atoms with E-state index in [9.17, 15) is 0 Å². The van der Waals surface area contributed by atoms with Crippen LogP contribution in [-0.2, 0) is 25.9 Å². The maximum absolute atomic E-state index is 4.42. The molecule has 0 aliphatic heterocycles. The molecule has 0 saturated carbocycles. The molecule has 8 heteroatoms. The van der Waals surface area contributed by atoms with Gasteiger partial charge in [-0.3, -0.25) is 4.99 Å². The summed E-state index contributed by atoms with van der Waals surface area (Å²) in [6.45, 7) is 6.48. The van der Waals surface area contributed by atoms with Crippen LogP contribution < -0.4 is 10.6 Å². The molecule has 0 bridgehead atoms. The number of nitrogens with zero attached hydrogens (tertiary/aromatic N) is 5. The fourth-order valence-electron chi connectivity index (χ4n) is 1.98. The first-order valence-corrected chi connectivity index (χ1v) is 8.33. The van der Waals surface area contributed by atoms with Crippen LogP contribution in [0.3, 0.4) is 0 Å². The quantitative estimate of drug-likeness (QED) is 0.592. The zero-order chi connectivity index (χ0) is 15.8. The van der Waals surface area contributed by atoms with E-state index in [0.717, 1.165) is 42.7 Å². The Morgan fingerprint density at radius 3 is 2.91 bits per heavy atom. The number of thiazole rings is 1. The summed E-state index contributed by atoms with van der Waals surface area (Å²) in [4.78, 5) is 9.96. The Bertz CT molecular complexity index is 602. The summed E-state index contributed by atoms with van der Waals surface area (Å²) in [5.74, 6) is 1.66. The molecule has 0 aromatic carbocycles. The molecule has 120 valence electrons. The van der Waals surface area contributed by atoms with Crippen LogP contribution >= 0.6 is 11.3 Å². The van der Waals surface area contributed by atoms with Gasteiger partial charge in [-0.05, 0) is 13.3 Å². The fraction of sp³-hybridized carbons (Fsp3) is 0.571. The molecule has 2 N–H and O–H groups in total. The number of nitrogens with one attached hydrogen (secondary N) is 2. The highest BCUT2D eigenvalue weighted by Gasteiger charge is 2.05. The summed E-state index contributed by atoms with van der Waals surface area (Å²) in [6.07, 6.45) is 5.65. The first-order valence-electron chi connectivity index (χ1n) is 7.51. The summed E-state index contributed by atoms with van der Waals surface area (Å²) in [5, 5.41) is 15.7. The molecule has 0 aliphatic carbocycles. The second-order valence-electron chi connectivity index (χ2n) is 4.71. The van der Waals surface area contributed by atoms with Gasteiger partial charge in [0.15, 0.2) is 11.8 Å². The largest absolute Gasteiger partial charge is 0.356 e. The molecule has 2 aromatic rings. The van der Waals surface area contributed by atoms with Crippen LogP contribution in [0.1, 0.15) is 29.6 Å². The van der Waals surface area contributed by atoms with Gasteiger partial charge in [-0.25, -0.2) is 4.98 Å². The number of aromatic nitrogens is 4. The molecule has 0 atom stereocenters. The van der Waals surface area contributed by atoms with Gasteiger partial charge in [-0.1, -0.05) is 6.92 Å². The van der Waals surface area contributed by atoms with Gasteiger partial charge in [0.1, 0.15) is 6.33 Å². The number of aryl methyl sites for hydroxylation is 2. The van der Waals surface area contributed by atoms with E-state index in [0.29, 0.717) is 6.54 Å². The molecular weight excluding hydrogens is 298 g/mol. The van der Waals surface area contributed by atoms with Crippen LogP contribution in [0.5, 0.6) is 0 Å². The van der Waals surface area contributed by atoms with Crippen molar-refractivity contribution >= 4 is 17.3 Å². The number of hydrogen-bond acceptors (Lipinski definition) is 5. The van der Waals surface area contributed by atoms with Crippen molar-refractivity contribution < 1.29 is 0 Å². The Hall–Kier alpha value is -1.96. The van der Waals surface area contributed by atoms with Gasteiger partial charge < -0.3 is 15.2 Å². The molecule has 2 aromatic heterocycles. The zero-order valence-corrected chi connectivity index (χ0v) is 14.2. The lowest BCUT2D eigenvalue weighted by atomic mass is 10.4. The Labute approximate surface area is 134 Å². The zero-order valence-electron chi connectivity index (χ0n) is 13.3. The van der Waals surface area contributed by atoms with Crippen LogP contribution in [0, 0.1) is 0 Å². The van der Waals surface area contributed by atoms with Crippen molar-refractivity contribution in [2.75, 3.05) is 13.6 Å². The van der Waals surface area contributed by atoms with Crippen molar-refractivity contribution in [3.05, 3.63) is 28.2 Å². The third-order valence-corrected chi connectivity index (χ3v) is 4.46. The summed E-state index contributed by atoms with van der Waals surface area (Å²) in [5.41, 5.74) is 0. The lowest BCUT2D eigenvalue weighted by Crippen LogP contribution is -2.38. The van der Waals surface area contributed by atoms with E-state index in [4.69, 9.17) is 0 Å². The van der Waals surface area contributed by atoms with Crippen LogP contribution in [0.25, 0.3) is 0 Å². The van der Waals surface area contributed by atoms with Crippen molar-refractivity contribution in [1.82, 2.24) is 30.4 Å². The number of hydrogen-bond donors (Lipinski definition) is 2. The van der Waals surface area contributed by atoms with Gasteiger partial charge in [0, 0.05) is 37.6 Å². The van der Waals surface area contributed by atoms with Gasteiger partial charge in [0.05, 0.1) is 11.6 Å². The van der Waals surface area contributed by atoms with Crippen molar-refractivity contribution in [3.63, 3.8) is 0 Å². The molecule has 0 saturated heterocycles. The first kappa shape index (κ1) is 16.4. The third-order valence-electron chi connectivity index (χ3n) is 3.26. The van der Waals surface area contributed by atoms with Crippen LogP contribution in [0.15, 0.2) is 17.5 Å². The summed E-state index contributed by atoms with van der Waals surface area (Å²) in [6, 6.07) is 0. The molecule has 0 radical (unpaired) electrons. The Morgan fingerprint density at radius 2 is 2.23 bits per heavy atom. The van der Waals surface area contributed by atoms with Gasteiger partial charge >= 0.3 is 0 Å². The van der Waals surface area contributed by atoms with Gasteiger partial charge in [-0.2, -0.15) is 0 Å². The molecule has 2 rings (SSSR count). The highest BCUT2D eigenvalue weighted by molar-refractivity contribution is 7.11. The molecule has 0 spiro atoms. The Kier molecular flexibility index (Phi) is 6.32. The molecule has 0 aliphatic rings. The molecule has 2 heterocycles. The van der Waals surface area contributed by atoms with Gasteiger partial charge in [-0.15, -0.1) is 21.5 Å². The number of aliphatic imine (C=N–C) groups is 1. The highest BCUT2D eigenvalue weighted by Crippen LogP contribution is 2.13. The van der Waals surface area contributed by atoms with E-state index in [1.54, 1.807) is 24.7 Å². The van der Waals surface area contributed by atoms with Crippen LogP contribution in [0.2, 0.25) is 0 Å². The average Bonchev–Trinajstić information content (AvgIpc) is 3.19. The summed E-state index contributed by atoms with van der Waals surface area (Å²) >= 11 is 1.78. The molecule has 0 amide bonds. The Morgan fingerprint density at radius 1 is 1.36 bits per heavy atom. The van der Waals surface area contributed by atoms with E-state index in [1.807, 2.05) is 10.8 Å². The van der Waals surface area contributed by atoms with E-state index < -0.39 is 0 Å². The topological polar surface area (TPSA) is 80.0 Å². The lowest BCUT2D eigenvalue weighted by molar-refractivity contribution is 0.669. The second kappa shape index (κ2) is 8.47. The SMILES string of the molecule is CCc1cnc(CCNC(=NC)NCc2nncn2CC)s1. The molecule has 0 unspecified atom stereocenters. The standard InChI is InChI=1S/C14H23N7S/c1-4-11-8-17-13(22-11)6-7-16-14(15-3)18-9-12-20-19-10-21(12)5-2/h8,10H,4-7,9H2,1-3H3,(H2,15,16,18). The number of rotatable bonds is 7. The minimum atomic E-state index is 0.602. The summed E-state index contributed by atoms with van der Waals surface area (Å²) < 4.78 is 2.00. The second-order valence-corrected chi connectivity index (χ2v) is 5.91. The van der Waals surface area contributed by atoms with Crippen molar-refractivity contribution in [1.29, 1.82) is 0 Å². The number of guanidine groups is 1. The molecule has 22 heavy (non-hydrogen) atoms. The minimum Gasteiger partial charge on any atom is -0.356 e. The Balaban J connectivity index is 1.75. The average molecular weight is 321 g/mol. The molecular formula is C14H23N7S. The van der Waals surface area contributed by atoms with Crippen molar-refractivity contribution in [2.45, 2.75) is 39.8 Å². The van der Waals surface area contributed by atoms with Crippen molar-refractivity contribution in [3.8, 4) is 0 Å². The molecule has 7 nitrogen and oxygen atoms in total. The minimum absolute atomic E-state index is 0.602. The van der Waals surface area contributed by atoms with E-state index in [-0.39, 0.29) is 0 Å². The maximum Gasteiger partial charge on any atom is 0.191 e. The van der Waals surface area contributed by atoms with Crippen molar-refractivity contribution in [2.24, 2.45) is 4.99 Å².